The standard InChI is InChI=1S/C27H29N3O3/c1-4-5-17-28-27(31)25(19-11-7-6-8-12-19)30-23-14-10-9-13-22(23)29-26(30)21-16-15-20(32-2)18-24(21)33-3/h6-16,18,25H,4-5,17H2,1-3H3,(H,28,31). The number of nitrogens with zero attached hydrogens (tertiary/aromatic N) is 2. The largest absolute Gasteiger partial charge is 0.497 e. The molecular weight excluding hydrogens is 414 g/mol. The van der Waals surface area contributed by atoms with Crippen LogP contribution in [-0.2, 0) is 4.79 Å². The number of nitrogens with one attached hydrogen (secondary N) is 1. The van der Waals surface area contributed by atoms with E-state index >= 15 is 0 Å². The first kappa shape index (κ1) is 22.4. The van der Waals surface area contributed by atoms with Gasteiger partial charge in [-0.2, -0.15) is 0 Å². The van der Waals surface area contributed by atoms with E-state index in [9.17, 15) is 4.79 Å². The average molecular weight is 444 g/mol. The fraction of sp³-hybridized carbons (Fsp3) is 0.259. The van der Waals surface area contributed by atoms with E-state index in [0.717, 1.165) is 35.0 Å². The number of unbranched alkanes of at least 4 members (excludes halogenated alkanes) is 1. The molecule has 1 N–H and O–H groups in total. The number of hydrogen-bond donors (Lipinski definition) is 1. The van der Waals surface area contributed by atoms with Crippen molar-refractivity contribution in [3.05, 3.63) is 78.4 Å². The van der Waals surface area contributed by atoms with E-state index in [1.54, 1.807) is 14.2 Å². The molecule has 1 atom stereocenters. The van der Waals surface area contributed by atoms with E-state index in [1.165, 1.54) is 0 Å². The van der Waals surface area contributed by atoms with Gasteiger partial charge in [0.1, 0.15) is 23.4 Å². The van der Waals surface area contributed by atoms with Crippen molar-refractivity contribution >= 4 is 16.9 Å². The molecular formula is C27H29N3O3. The lowest BCUT2D eigenvalue weighted by atomic mass is 10.0. The summed E-state index contributed by atoms with van der Waals surface area (Å²) in [6, 6.07) is 22.7. The molecule has 0 bridgehead atoms. The molecule has 1 unspecified atom stereocenters. The first-order valence-electron chi connectivity index (χ1n) is 11.2. The molecule has 0 fully saturated rings. The first-order chi connectivity index (χ1) is 16.2. The molecule has 3 aromatic carbocycles. The minimum atomic E-state index is -0.586. The van der Waals surface area contributed by atoms with E-state index < -0.39 is 6.04 Å². The number of fused-ring (bicyclic) bond motifs is 1. The Kier molecular flexibility index (Phi) is 6.93. The van der Waals surface area contributed by atoms with E-state index in [-0.39, 0.29) is 5.91 Å². The van der Waals surface area contributed by atoms with Gasteiger partial charge < -0.3 is 19.4 Å². The summed E-state index contributed by atoms with van der Waals surface area (Å²) in [5, 5.41) is 3.12. The zero-order valence-corrected chi connectivity index (χ0v) is 19.2. The Hall–Kier alpha value is -3.80. The number of para-hydroxylation sites is 2. The van der Waals surface area contributed by atoms with Crippen LogP contribution >= 0.6 is 0 Å². The molecule has 0 spiro atoms. The van der Waals surface area contributed by atoms with E-state index in [2.05, 4.69) is 12.2 Å². The number of benzene rings is 3. The quantitative estimate of drug-likeness (QED) is 0.360. The van der Waals surface area contributed by atoms with Gasteiger partial charge in [0.05, 0.1) is 30.8 Å². The summed E-state index contributed by atoms with van der Waals surface area (Å²) < 4.78 is 13.1. The molecule has 33 heavy (non-hydrogen) atoms. The van der Waals surface area contributed by atoms with Crippen molar-refractivity contribution in [2.45, 2.75) is 25.8 Å². The molecule has 0 radical (unpaired) electrons. The Morgan fingerprint density at radius 1 is 1.00 bits per heavy atom. The SMILES string of the molecule is CCCCNC(=O)C(c1ccccc1)n1c(-c2ccc(OC)cc2OC)nc2ccccc21. The van der Waals surface area contributed by atoms with Gasteiger partial charge >= 0.3 is 0 Å². The van der Waals surface area contributed by atoms with Crippen molar-refractivity contribution in [3.8, 4) is 22.9 Å². The summed E-state index contributed by atoms with van der Waals surface area (Å²) in [6.45, 7) is 2.74. The number of methoxy groups -OCH3 is 2. The van der Waals surface area contributed by atoms with Crippen LogP contribution in [0.4, 0.5) is 0 Å². The van der Waals surface area contributed by atoms with Crippen LogP contribution in [0.15, 0.2) is 72.8 Å². The number of hydrogen-bond acceptors (Lipinski definition) is 4. The second-order valence-electron chi connectivity index (χ2n) is 7.82. The predicted molar refractivity (Wildman–Crippen MR) is 131 cm³/mol. The topological polar surface area (TPSA) is 65.4 Å². The fourth-order valence-electron chi connectivity index (χ4n) is 4.02. The zero-order chi connectivity index (χ0) is 23.2. The minimum Gasteiger partial charge on any atom is -0.497 e. The van der Waals surface area contributed by atoms with Crippen molar-refractivity contribution < 1.29 is 14.3 Å². The molecule has 4 aromatic rings. The highest BCUT2D eigenvalue weighted by molar-refractivity contribution is 5.90. The van der Waals surface area contributed by atoms with Crippen molar-refractivity contribution in [2.75, 3.05) is 20.8 Å². The normalized spacial score (nSPS) is 11.8. The highest BCUT2D eigenvalue weighted by atomic mass is 16.5. The third-order valence-electron chi connectivity index (χ3n) is 5.70. The van der Waals surface area contributed by atoms with Gasteiger partial charge in [-0.25, -0.2) is 4.98 Å². The van der Waals surface area contributed by atoms with Gasteiger partial charge in [-0.15, -0.1) is 0 Å². The molecule has 0 aliphatic carbocycles. The summed E-state index contributed by atoms with van der Waals surface area (Å²) in [6.07, 6.45) is 1.94. The Bertz CT molecular complexity index is 1230. The molecule has 0 saturated heterocycles. The van der Waals surface area contributed by atoms with E-state index in [0.29, 0.717) is 23.9 Å². The van der Waals surface area contributed by atoms with Crippen molar-refractivity contribution in [2.24, 2.45) is 0 Å². The van der Waals surface area contributed by atoms with Crippen molar-refractivity contribution in [3.63, 3.8) is 0 Å². The third kappa shape index (κ3) is 4.55. The van der Waals surface area contributed by atoms with Crippen LogP contribution in [0.25, 0.3) is 22.4 Å². The van der Waals surface area contributed by atoms with Crippen LogP contribution in [-0.4, -0.2) is 36.2 Å². The maximum absolute atomic E-state index is 13.6. The maximum atomic E-state index is 13.6. The number of amides is 1. The molecule has 1 amide bonds. The van der Waals surface area contributed by atoms with Gasteiger partial charge in [-0.1, -0.05) is 55.8 Å². The predicted octanol–water partition coefficient (Wildman–Crippen LogP) is 5.23. The summed E-state index contributed by atoms with van der Waals surface area (Å²) in [4.78, 5) is 18.5. The van der Waals surface area contributed by atoms with Gasteiger partial charge in [-0.05, 0) is 36.2 Å². The average Bonchev–Trinajstić information content (AvgIpc) is 3.23. The highest BCUT2D eigenvalue weighted by Gasteiger charge is 2.28. The molecule has 1 aromatic heterocycles. The van der Waals surface area contributed by atoms with Gasteiger partial charge in [-0.3, -0.25) is 4.79 Å². The smallest absolute Gasteiger partial charge is 0.247 e. The van der Waals surface area contributed by atoms with Crippen LogP contribution in [0.3, 0.4) is 0 Å². The Morgan fingerprint density at radius 2 is 1.76 bits per heavy atom. The summed E-state index contributed by atoms with van der Waals surface area (Å²) in [5.41, 5.74) is 3.37. The zero-order valence-electron chi connectivity index (χ0n) is 19.2. The molecule has 4 rings (SSSR count). The Morgan fingerprint density at radius 3 is 2.48 bits per heavy atom. The molecule has 0 saturated carbocycles. The van der Waals surface area contributed by atoms with Crippen LogP contribution in [0.2, 0.25) is 0 Å². The van der Waals surface area contributed by atoms with Gasteiger partial charge in [0, 0.05) is 12.6 Å². The van der Waals surface area contributed by atoms with Crippen LogP contribution in [0.1, 0.15) is 31.4 Å². The Labute approximate surface area is 194 Å². The van der Waals surface area contributed by atoms with Crippen molar-refractivity contribution in [1.82, 2.24) is 14.9 Å². The van der Waals surface area contributed by atoms with Gasteiger partial charge in [0.2, 0.25) is 5.91 Å². The fourth-order valence-corrected chi connectivity index (χ4v) is 4.02. The van der Waals surface area contributed by atoms with Crippen LogP contribution < -0.4 is 14.8 Å². The number of imidazole rings is 1. The second-order valence-corrected chi connectivity index (χ2v) is 7.82. The van der Waals surface area contributed by atoms with Crippen molar-refractivity contribution in [1.29, 1.82) is 0 Å². The minimum absolute atomic E-state index is 0.0634. The van der Waals surface area contributed by atoms with E-state index in [4.69, 9.17) is 14.5 Å². The number of rotatable bonds is 9. The van der Waals surface area contributed by atoms with Gasteiger partial charge in [0.25, 0.3) is 0 Å². The number of aromatic nitrogens is 2. The second kappa shape index (κ2) is 10.2. The highest BCUT2D eigenvalue weighted by Crippen LogP contribution is 2.37. The summed E-state index contributed by atoms with van der Waals surface area (Å²) >= 11 is 0. The molecule has 0 aliphatic rings. The number of carbonyl (C=O) groups excluding carboxylic acids is 1. The lowest BCUT2D eigenvalue weighted by molar-refractivity contribution is -0.123. The number of ether oxygens (including phenoxy) is 2. The third-order valence-corrected chi connectivity index (χ3v) is 5.70. The summed E-state index contributed by atoms with van der Waals surface area (Å²) in [7, 11) is 3.24. The van der Waals surface area contributed by atoms with E-state index in [1.807, 2.05) is 77.4 Å². The van der Waals surface area contributed by atoms with Crippen LogP contribution in [0, 0.1) is 0 Å². The molecule has 1 heterocycles. The van der Waals surface area contributed by atoms with Crippen LogP contribution in [0.5, 0.6) is 11.5 Å². The van der Waals surface area contributed by atoms with Gasteiger partial charge in [0.15, 0.2) is 0 Å². The first-order valence-corrected chi connectivity index (χ1v) is 11.2. The Balaban J connectivity index is 1.95. The number of carbonyl (C=O) groups is 1. The maximum Gasteiger partial charge on any atom is 0.247 e. The summed E-state index contributed by atoms with van der Waals surface area (Å²) in [5.74, 6) is 1.92. The lowest BCUT2D eigenvalue weighted by Gasteiger charge is -2.23. The molecule has 6 heteroatoms. The molecule has 6 nitrogen and oxygen atoms in total. The molecule has 170 valence electrons. The molecule has 0 aliphatic heterocycles. The lowest BCUT2D eigenvalue weighted by Crippen LogP contribution is -2.34. The monoisotopic (exact) mass is 443 g/mol.